The Bertz CT molecular complexity index is 1470. The van der Waals surface area contributed by atoms with Crippen molar-refractivity contribution in [2.45, 2.75) is 40.2 Å². The van der Waals surface area contributed by atoms with Crippen LogP contribution in [0.25, 0.3) is 10.9 Å². The van der Waals surface area contributed by atoms with E-state index in [0.29, 0.717) is 40.4 Å². The van der Waals surface area contributed by atoms with Crippen LogP contribution in [-0.4, -0.2) is 22.9 Å². The van der Waals surface area contributed by atoms with Gasteiger partial charge in [-0.15, -0.1) is 0 Å². The van der Waals surface area contributed by atoms with Gasteiger partial charge in [-0.1, -0.05) is 55.8 Å². The molecule has 0 aliphatic rings. The van der Waals surface area contributed by atoms with Gasteiger partial charge >= 0.3 is 0 Å². The summed E-state index contributed by atoms with van der Waals surface area (Å²) in [6.07, 6.45) is 1.48. The number of anilines is 1. The second kappa shape index (κ2) is 10.6. The molecule has 0 aliphatic carbocycles. The van der Waals surface area contributed by atoms with Crippen molar-refractivity contribution in [1.82, 2.24) is 4.57 Å². The molecule has 6 heteroatoms. The zero-order chi connectivity index (χ0) is 25.8. The van der Waals surface area contributed by atoms with Crippen molar-refractivity contribution in [2.24, 2.45) is 0 Å². The molecule has 0 atom stereocenters. The summed E-state index contributed by atoms with van der Waals surface area (Å²) in [6.45, 7) is 8.40. The SMILES string of the molecule is CCOc1ccc2c(c1)c(=O)c(C(=O)c1ccc(C)cc1)cn2CC(=O)Nc1ccc(C(C)C)cc1. The maximum Gasteiger partial charge on any atom is 0.244 e. The predicted molar refractivity (Wildman–Crippen MR) is 143 cm³/mol. The second-order valence-electron chi connectivity index (χ2n) is 9.13. The smallest absolute Gasteiger partial charge is 0.244 e. The number of carbonyl (C=O) groups excluding carboxylic acids is 2. The van der Waals surface area contributed by atoms with E-state index in [-0.39, 0.29) is 23.8 Å². The summed E-state index contributed by atoms with van der Waals surface area (Å²) in [5, 5.41) is 3.23. The number of fused-ring (bicyclic) bond motifs is 1. The number of rotatable bonds is 8. The predicted octanol–water partition coefficient (Wildman–Crippen LogP) is 5.70. The van der Waals surface area contributed by atoms with Crippen molar-refractivity contribution in [3.8, 4) is 5.75 Å². The van der Waals surface area contributed by atoms with Gasteiger partial charge in [0.1, 0.15) is 12.3 Å². The van der Waals surface area contributed by atoms with Crippen molar-refractivity contribution in [2.75, 3.05) is 11.9 Å². The molecule has 184 valence electrons. The summed E-state index contributed by atoms with van der Waals surface area (Å²) in [7, 11) is 0. The second-order valence-corrected chi connectivity index (χ2v) is 9.13. The highest BCUT2D eigenvalue weighted by Gasteiger charge is 2.19. The molecule has 6 nitrogen and oxygen atoms in total. The lowest BCUT2D eigenvalue weighted by atomic mass is 10.0. The lowest BCUT2D eigenvalue weighted by Gasteiger charge is -2.15. The molecule has 0 radical (unpaired) electrons. The van der Waals surface area contributed by atoms with Crippen LogP contribution in [0.4, 0.5) is 5.69 Å². The van der Waals surface area contributed by atoms with E-state index in [1.165, 1.54) is 11.8 Å². The van der Waals surface area contributed by atoms with Crippen molar-refractivity contribution in [3.05, 3.63) is 105 Å². The molecule has 0 unspecified atom stereocenters. The third-order valence-corrected chi connectivity index (χ3v) is 6.10. The molecular weight excluding hydrogens is 452 g/mol. The van der Waals surface area contributed by atoms with Crippen LogP contribution in [0.2, 0.25) is 0 Å². The highest BCUT2D eigenvalue weighted by atomic mass is 16.5. The van der Waals surface area contributed by atoms with Crippen molar-refractivity contribution < 1.29 is 14.3 Å². The number of aromatic nitrogens is 1. The maximum absolute atomic E-state index is 13.4. The average Bonchev–Trinajstić information content (AvgIpc) is 2.86. The van der Waals surface area contributed by atoms with Crippen LogP contribution in [0.3, 0.4) is 0 Å². The summed E-state index contributed by atoms with van der Waals surface area (Å²) in [4.78, 5) is 39.7. The molecule has 0 bridgehead atoms. The number of ketones is 1. The van der Waals surface area contributed by atoms with Crippen LogP contribution in [0.5, 0.6) is 5.75 Å². The molecule has 4 aromatic rings. The quantitative estimate of drug-likeness (QED) is 0.327. The van der Waals surface area contributed by atoms with E-state index < -0.39 is 5.43 Å². The largest absolute Gasteiger partial charge is 0.494 e. The standard InChI is InChI=1S/C30H30N2O4/c1-5-36-24-14-15-27-25(16-24)30(35)26(29(34)22-8-6-20(4)7-9-22)17-32(27)18-28(33)31-23-12-10-21(11-13-23)19(2)3/h6-17,19H,5,18H2,1-4H3,(H,31,33). The third-order valence-electron chi connectivity index (χ3n) is 6.10. The van der Waals surface area contributed by atoms with E-state index in [2.05, 4.69) is 19.2 Å². The van der Waals surface area contributed by atoms with Gasteiger partial charge in [0.15, 0.2) is 5.78 Å². The lowest BCUT2D eigenvalue weighted by Crippen LogP contribution is -2.24. The van der Waals surface area contributed by atoms with E-state index in [4.69, 9.17) is 4.74 Å². The number of benzene rings is 3. The number of aryl methyl sites for hydroxylation is 1. The van der Waals surface area contributed by atoms with Gasteiger partial charge in [-0.05, 0) is 55.7 Å². The van der Waals surface area contributed by atoms with Crippen LogP contribution < -0.4 is 15.5 Å². The minimum Gasteiger partial charge on any atom is -0.494 e. The molecule has 36 heavy (non-hydrogen) atoms. The van der Waals surface area contributed by atoms with Crippen LogP contribution in [0, 0.1) is 6.92 Å². The Morgan fingerprint density at radius 1 is 0.972 bits per heavy atom. The maximum atomic E-state index is 13.4. The Kier molecular flexibility index (Phi) is 7.34. The first kappa shape index (κ1) is 24.9. The summed E-state index contributed by atoms with van der Waals surface area (Å²) in [6, 6.07) is 19.9. The van der Waals surface area contributed by atoms with Gasteiger partial charge in [0.05, 0.1) is 23.1 Å². The Morgan fingerprint density at radius 3 is 2.31 bits per heavy atom. The van der Waals surface area contributed by atoms with E-state index in [0.717, 1.165) is 5.56 Å². The summed E-state index contributed by atoms with van der Waals surface area (Å²) in [5.74, 6) is 0.277. The van der Waals surface area contributed by atoms with Crippen molar-refractivity contribution in [3.63, 3.8) is 0 Å². The van der Waals surface area contributed by atoms with Crippen LogP contribution in [0.15, 0.2) is 77.7 Å². The molecule has 0 saturated heterocycles. The van der Waals surface area contributed by atoms with E-state index in [1.54, 1.807) is 34.9 Å². The Labute approximate surface area is 210 Å². The number of nitrogens with one attached hydrogen (secondary N) is 1. The van der Waals surface area contributed by atoms with Gasteiger partial charge in [0, 0.05) is 17.4 Å². The summed E-state index contributed by atoms with van der Waals surface area (Å²) < 4.78 is 7.23. The molecule has 3 aromatic carbocycles. The Balaban J connectivity index is 1.73. The Morgan fingerprint density at radius 2 is 1.67 bits per heavy atom. The van der Waals surface area contributed by atoms with Crippen LogP contribution >= 0.6 is 0 Å². The molecule has 0 fully saturated rings. The highest BCUT2D eigenvalue weighted by Crippen LogP contribution is 2.22. The summed E-state index contributed by atoms with van der Waals surface area (Å²) >= 11 is 0. The fraction of sp³-hybridized carbons (Fsp3) is 0.233. The lowest BCUT2D eigenvalue weighted by molar-refractivity contribution is -0.116. The van der Waals surface area contributed by atoms with Gasteiger partial charge in [0.2, 0.25) is 11.3 Å². The van der Waals surface area contributed by atoms with Gasteiger partial charge in [0.25, 0.3) is 0 Å². The molecule has 1 N–H and O–H groups in total. The molecule has 0 spiro atoms. The van der Waals surface area contributed by atoms with Crippen molar-refractivity contribution >= 4 is 28.3 Å². The first-order valence-corrected chi connectivity index (χ1v) is 12.1. The third kappa shape index (κ3) is 5.38. The van der Waals surface area contributed by atoms with E-state index >= 15 is 0 Å². The Hall–Kier alpha value is -4.19. The van der Waals surface area contributed by atoms with E-state index in [9.17, 15) is 14.4 Å². The van der Waals surface area contributed by atoms with Crippen LogP contribution in [0.1, 0.15) is 53.7 Å². The average molecular weight is 483 g/mol. The number of hydrogen-bond donors (Lipinski definition) is 1. The molecule has 1 amide bonds. The molecule has 1 aromatic heterocycles. The number of carbonyl (C=O) groups is 2. The van der Waals surface area contributed by atoms with E-state index in [1.807, 2.05) is 50.2 Å². The van der Waals surface area contributed by atoms with Gasteiger partial charge in [-0.3, -0.25) is 14.4 Å². The number of hydrogen-bond acceptors (Lipinski definition) is 4. The molecular formula is C30H30N2O4. The molecule has 0 aliphatic heterocycles. The fourth-order valence-electron chi connectivity index (χ4n) is 4.09. The van der Waals surface area contributed by atoms with Gasteiger partial charge in [-0.25, -0.2) is 0 Å². The first-order valence-electron chi connectivity index (χ1n) is 12.1. The topological polar surface area (TPSA) is 77.4 Å². The number of nitrogens with zero attached hydrogens (tertiary/aromatic N) is 1. The van der Waals surface area contributed by atoms with Gasteiger partial charge < -0.3 is 14.6 Å². The van der Waals surface area contributed by atoms with Crippen molar-refractivity contribution in [1.29, 1.82) is 0 Å². The molecule has 0 saturated carbocycles. The zero-order valence-corrected chi connectivity index (χ0v) is 21.0. The minimum absolute atomic E-state index is 0.00841. The monoisotopic (exact) mass is 482 g/mol. The normalized spacial score (nSPS) is 11.0. The zero-order valence-electron chi connectivity index (χ0n) is 21.0. The number of amides is 1. The molecule has 4 rings (SSSR count). The van der Waals surface area contributed by atoms with Crippen LogP contribution in [-0.2, 0) is 11.3 Å². The minimum atomic E-state index is -0.391. The fourth-order valence-corrected chi connectivity index (χ4v) is 4.09. The first-order chi connectivity index (χ1) is 17.3. The number of ether oxygens (including phenoxy) is 1. The highest BCUT2D eigenvalue weighted by molar-refractivity contribution is 6.10. The molecule has 1 heterocycles. The van der Waals surface area contributed by atoms with Gasteiger partial charge in [-0.2, -0.15) is 0 Å². The number of pyridine rings is 1. The summed E-state index contributed by atoms with van der Waals surface area (Å²) in [5.41, 5.74) is 3.47.